The van der Waals surface area contributed by atoms with E-state index in [9.17, 15) is 9.59 Å². The van der Waals surface area contributed by atoms with E-state index in [-0.39, 0.29) is 24.7 Å². The molecule has 0 N–H and O–H groups in total. The third-order valence-electron chi connectivity index (χ3n) is 7.08. The Morgan fingerprint density at radius 1 is 0.946 bits per heavy atom. The number of aliphatic imine (C=N–C) groups is 1. The summed E-state index contributed by atoms with van der Waals surface area (Å²) < 4.78 is 27.5. The first-order chi connectivity index (χ1) is 17.9. The molecule has 0 aromatic heterocycles. The van der Waals surface area contributed by atoms with Crippen LogP contribution in [0.25, 0.3) is 0 Å². The van der Waals surface area contributed by atoms with E-state index in [2.05, 4.69) is 0 Å². The Kier molecular flexibility index (Phi) is 7.86. The fourth-order valence-electron chi connectivity index (χ4n) is 5.43. The van der Waals surface area contributed by atoms with Gasteiger partial charge in [-0.2, -0.15) is 0 Å². The lowest BCUT2D eigenvalue weighted by atomic mass is 9.69. The molecule has 0 bridgehead atoms. The lowest BCUT2D eigenvalue weighted by Gasteiger charge is -2.37. The highest BCUT2D eigenvalue weighted by Gasteiger charge is 2.46. The van der Waals surface area contributed by atoms with Crippen LogP contribution in [0, 0.1) is 5.92 Å². The molecule has 8 heteroatoms. The number of hydrogen-bond donors (Lipinski definition) is 0. The number of esters is 1. The zero-order valence-corrected chi connectivity index (χ0v) is 22.1. The quantitative estimate of drug-likeness (QED) is 0.471. The Hall–Kier alpha value is -3.81. The van der Waals surface area contributed by atoms with Crippen LogP contribution in [0.1, 0.15) is 49.7 Å². The summed E-state index contributed by atoms with van der Waals surface area (Å²) in [5, 5.41) is 0. The Bertz CT molecular complexity index is 1260. The van der Waals surface area contributed by atoms with E-state index in [1.165, 1.54) is 0 Å². The molecule has 1 aliphatic heterocycles. The van der Waals surface area contributed by atoms with E-state index in [0.29, 0.717) is 52.0 Å². The van der Waals surface area contributed by atoms with Gasteiger partial charge < -0.3 is 23.7 Å². The molecule has 0 amide bonds. The Balaban J connectivity index is 1.84. The molecule has 1 heterocycles. The Morgan fingerprint density at radius 3 is 2.32 bits per heavy atom. The first kappa shape index (κ1) is 26.3. The van der Waals surface area contributed by atoms with Gasteiger partial charge in [-0.15, -0.1) is 0 Å². The minimum absolute atomic E-state index is 0.0542. The number of benzene rings is 2. The van der Waals surface area contributed by atoms with Gasteiger partial charge in [0.15, 0.2) is 28.8 Å². The zero-order valence-electron chi connectivity index (χ0n) is 22.1. The van der Waals surface area contributed by atoms with Gasteiger partial charge in [0, 0.05) is 34.9 Å². The first-order valence-electron chi connectivity index (χ1n) is 12.3. The van der Waals surface area contributed by atoms with Gasteiger partial charge in [-0.05, 0) is 49.9 Å². The minimum Gasteiger partial charge on any atom is -0.493 e. The maximum Gasteiger partial charge on any atom is 0.315 e. The molecule has 1 unspecified atom stereocenters. The fraction of sp³-hybridized carbons (Fsp3) is 0.414. The molecular weight excluding hydrogens is 474 g/mol. The number of nitrogens with zero attached hydrogens (tertiary/aromatic N) is 1. The number of allylic oxidation sites excluding steroid dienone is 2. The predicted octanol–water partition coefficient (Wildman–Crippen LogP) is 4.86. The van der Waals surface area contributed by atoms with Crippen LogP contribution in [0.15, 0.2) is 52.7 Å². The summed E-state index contributed by atoms with van der Waals surface area (Å²) in [6.07, 6.45) is 0.827. The van der Waals surface area contributed by atoms with Crippen molar-refractivity contribution in [2.75, 3.05) is 35.0 Å². The molecule has 0 saturated heterocycles. The van der Waals surface area contributed by atoms with Gasteiger partial charge in [0.25, 0.3) is 0 Å². The number of ether oxygens (including phenoxy) is 5. The average Bonchev–Trinajstić information content (AvgIpc) is 2.91. The molecule has 0 spiro atoms. The van der Waals surface area contributed by atoms with Crippen LogP contribution >= 0.6 is 0 Å². The summed E-state index contributed by atoms with van der Waals surface area (Å²) in [4.78, 5) is 31.9. The number of para-hydroxylation sites is 1. The van der Waals surface area contributed by atoms with Crippen LogP contribution in [-0.2, 0) is 14.3 Å². The van der Waals surface area contributed by atoms with Crippen LogP contribution < -0.4 is 18.9 Å². The molecular formula is C29H33NO7. The lowest BCUT2D eigenvalue weighted by Crippen LogP contribution is -2.38. The average molecular weight is 508 g/mol. The van der Waals surface area contributed by atoms with Crippen molar-refractivity contribution >= 4 is 17.5 Å². The number of hydrogen-bond acceptors (Lipinski definition) is 8. The van der Waals surface area contributed by atoms with Crippen LogP contribution in [0.5, 0.6) is 23.0 Å². The topological polar surface area (TPSA) is 92.7 Å². The second-order valence-electron chi connectivity index (χ2n) is 9.05. The van der Waals surface area contributed by atoms with Gasteiger partial charge in [-0.1, -0.05) is 18.2 Å². The molecule has 0 radical (unpaired) electrons. The second kappa shape index (κ2) is 11.1. The van der Waals surface area contributed by atoms with Crippen molar-refractivity contribution in [3.63, 3.8) is 0 Å². The minimum atomic E-state index is -0.749. The maximum absolute atomic E-state index is 13.9. The van der Waals surface area contributed by atoms with E-state index < -0.39 is 17.8 Å². The Morgan fingerprint density at radius 2 is 1.68 bits per heavy atom. The third-order valence-corrected chi connectivity index (χ3v) is 7.08. The molecule has 2 aromatic carbocycles. The van der Waals surface area contributed by atoms with E-state index >= 15 is 0 Å². The third kappa shape index (κ3) is 4.80. The summed E-state index contributed by atoms with van der Waals surface area (Å²) in [7, 11) is 6.29. The van der Waals surface area contributed by atoms with Crippen molar-refractivity contribution in [1.82, 2.24) is 0 Å². The van der Waals surface area contributed by atoms with Crippen molar-refractivity contribution < 1.29 is 33.3 Å². The molecule has 4 rings (SSSR count). The Labute approximate surface area is 217 Å². The molecule has 2 aliphatic rings. The lowest BCUT2D eigenvalue weighted by molar-refractivity contribution is -0.146. The molecule has 0 fully saturated rings. The molecule has 1 aliphatic carbocycles. The van der Waals surface area contributed by atoms with E-state index in [1.807, 2.05) is 37.3 Å². The highest BCUT2D eigenvalue weighted by Crippen LogP contribution is 2.50. The van der Waals surface area contributed by atoms with Crippen molar-refractivity contribution in [1.29, 1.82) is 0 Å². The molecule has 196 valence electrons. The smallest absolute Gasteiger partial charge is 0.315 e. The summed E-state index contributed by atoms with van der Waals surface area (Å²) >= 11 is 0. The monoisotopic (exact) mass is 507 g/mol. The predicted molar refractivity (Wildman–Crippen MR) is 139 cm³/mol. The number of ketones is 1. The largest absolute Gasteiger partial charge is 0.493 e. The molecule has 2 aromatic rings. The first-order valence-corrected chi connectivity index (χ1v) is 12.3. The van der Waals surface area contributed by atoms with Gasteiger partial charge in [-0.3, -0.25) is 14.6 Å². The van der Waals surface area contributed by atoms with Crippen LogP contribution in [-0.4, -0.2) is 52.5 Å². The van der Waals surface area contributed by atoms with Crippen molar-refractivity contribution in [3.8, 4) is 23.0 Å². The van der Waals surface area contributed by atoms with E-state index in [1.54, 1.807) is 41.4 Å². The van der Waals surface area contributed by atoms with Gasteiger partial charge in [0.05, 0.1) is 35.0 Å². The maximum atomic E-state index is 13.9. The van der Waals surface area contributed by atoms with Crippen LogP contribution in [0.2, 0.25) is 0 Å². The van der Waals surface area contributed by atoms with Crippen LogP contribution in [0.4, 0.5) is 0 Å². The van der Waals surface area contributed by atoms with Crippen LogP contribution in [0.3, 0.4) is 0 Å². The second-order valence-corrected chi connectivity index (χ2v) is 9.05. The number of rotatable bonds is 8. The number of carbonyl (C=O) groups excluding carboxylic acids is 2. The molecule has 0 saturated carbocycles. The van der Waals surface area contributed by atoms with Crippen molar-refractivity contribution in [2.24, 2.45) is 10.9 Å². The van der Waals surface area contributed by atoms with Crippen molar-refractivity contribution in [3.05, 3.63) is 58.8 Å². The SMILES string of the molecule is CCOC(=O)C1C(C)=NC2=C(C(=O)C[C@@H](c3ccc(OC)c(OC)c3)C2)[C@@H]1c1cccc(OC)c1OC. The molecule has 3 atom stereocenters. The normalized spacial score (nSPS) is 21.1. The summed E-state index contributed by atoms with van der Waals surface area (Å²) in [5.74, 6) is 0.337. The van der Waals surface area contributed by atoms with Gasteiger partial charge in [0.1, 0.15) is 5.92 Å². The fourth-order valence-corrected chi connectivity index (χ4v) is 5.43. The van der Waals surface area contributed by atoms with Gasteiger partial charge in [-0.25, -0.2) is 0 Å². The highest BCUT2D eigenvalue weighted by molar-refractivity contribution is 6.09. The number of Topliss-reactive ketones (excluding diaryl/α,β-unsaturated/α-hetero) is 1. The van der Waals surface area contributed by atoms with Gasteiger partial charge in [0.2, 0.25) is 0 Å². The molecule has 37 heavy (non-hydrogen) atoms. The number of carbonyl (C=O) groups is 2. The van der Waals surface area contributed by atoms with Gasteiger partial charge >= 0.3 is 5.97 Å². The summed E-state index contributed by atoms with van der Waals surface area (Å²) in [5.41, 5.74) is 3.48. The molecule has 8 nitrogen and oxygen atoms in total. The number of methoxy groups -OCH3 is 4. The van der Waals surface area contributed by atoms with Crippen molar-refractivity contribution in [2.45, 2.75) is 38.5 Å². The zero-order chi connectivity index (χ0) is 26.7. The highest BCUT2D eigenvalue weighted by atomic mass is 16.5. The van der Waals surface area contributed by atoms with E-state index in [4.69, 9.17) is 28.7 Å². The standard InChI is InChI=1S/C29H33NO7/c1-7-37-29(32)25-16(2)30-20-13-18(17-11-12-22(33-3)24(15-17)35-5)14-21(31)27(20)26(25)19-9-8-10-23(34-4)28(19)36-6/h8-12,15,18,25-26H,7,13-14H2,1-6H3/t18-,25?,26+/m0/s1. The van der Waals surface area contributed by atoms with E-state index in [0.717, 1.165) is 5.56 Å². The summed E-state index contributed by atoms with van der Waals surface area (Å²) in [6, 6.07) is 11.2. The summed E-state index contributed by atoms with van der Waals surface area (Å²) in [6.45, 7) is 3.81.